The van der Waals surface area contributed by atoms with E-state index in [9.17, 15) is 26.7 Å². The Morgan fingerprint density at radius 3 is 2.53 bits per heavy atom. The van der Waals surface area contributed by atoms with Gasteiger partial charge in [-0.05, 0) is 19.3 Å². The Kier molecular flexibility index (Phi) is 7.66. The lowest BCUT2D eigenvalue weighted by Crippen LogP contribution is -2.40. The molecular weight excluding hydrogens is 515 g/mol. The number of rotatable bonds is 8. The summed E-state index contributed by atoms with van der Waals surface area (Å²) >= 11 is 0. The Hall–Kier alpha value is -4.01. The van der Waals surface area contributed by atoms with Crippen LogP contribution in [0.2, 0.25) is 0 Å². The first-order valence-corrected chi connectivity index (χ1v) is 11.7. The molecule has 3 heterocycles. The highest BCUT2D eigenvalue weighted by molar-refractivity contribution is 5.96. The van der Waals surface area contributed by atoms with E-state index in [0.717, 1.165) is 6.07 Å². The van der Waals surface area contributed by atoms with Gasteiger partial charge in [-0.15, -0.1) is 0 Å². The van der Waals surface area contributed by atoms with Crippen LogP contribution in [-0.4, -0.2) is 56.4 Å². The molecule has 10 nitrogen and oxygen atoms in total. The number of benzene rings is 1. The molecule has 204 valence electrons. The van der Waals surface area contributed by atoms with E-state index in [4.69, 9.17) is 16.2 Å². The van der Waals surface area contributed by atoms with Crippen LogP contribution in [0.15, 0.2) is 24.5 Å². The molecule has 1 aliphatic heterocycles. The molecule has 1 fully saturated rings. The molecule has 15 heteroatoms. The highest BCUT2D eigenvalue weighted by Crippen LogP contribution is 2.32. The SMILES string of the molecule is CCc1nc(C(N)=O)c(Nc2cnn(C3CCN(CC(F)(F)F)CC3)c2)nc1Oc1cc(N)c(F)cc1F. The summed E-state index contributed by atoms with van der Waals surface area (Å²) in [6.07, 6.45) is -0.00160. The minimum Gasteiger partial charge on any atom is -0.434 e. The molecule has 0 unspecified atom stereocenters. The monoisotopic (exact) mass is 540 g/mol. The van der Waals surface area contributed by atoms with Gasteiger partial charge in [0.25, 0.3) is 5.91 Å². The van der Waals surface area contributed by atoms with Crippen LogP contribution in [0.1, 0.15) is 42.0 Å². The van der Waals surface area contributed by atoms with Gasteiger partial charge in [-0.2, -0.15) is 23.3 Å². The Labute approximate surface area is 213 Å². The van der Waals surface area contributed by atoms with E-state index in [1.807, 2.05) is 0 Å². The van der Waals surface area contributed by atoms with Crippen LogP contribution in [0.25, 0.3) is 0 Å². The fraction of sp³-hybridized carbons (Fsp3) is 0.391. The van der Waals surface area contributed by atoms with Crippen molar-refractivity contribution in [3.05, 3.63) is 47.5 Å². The number of likely N-dealkylation sites (tertiary alicyclic amines) is 1. The van der Waals surface area contributed by atoms with Crippen LogP contribution in [-0.2, 0) is 6.42 Å². The summed E-state index contributed by atoms with van der Waals surface area (Å²) in [4.78, 5) is 21.9. The van der Waals surface area contributed by atoms with Gasteiger partial charge < -0.3 is 21.5 Å². The Morgan fingerprint density at radius 1 is 1.18 bits per heavy atom. The summed E-state index contributed by atoms with van der Waals surface area (Å²) in [5, 5.41) is 7.17. The van der Waals surface area contributed by atoms with E-state index < -0.39 is 36.0 Å². The summed E-state index contributed by atoms with van der Waals surface area (Å²) in [6, 6.07) is 1.41. The number of halogens is 5. The van der Waals surface area contributed by atoms with Gasteiger partial charge in [0.15, 0.2) is 23.1 Å². The fourth-order valence-electron chi connectivity index (χ4n) is 4.09. The number of piperidine rings is 1. The van der Waals surface area contributed by atoms with Crippen LogP contribution in [0.5, 0.6) is 11.6 Å². The number of aromatic nitrogens is 4. The van der Waals surface area contributed by atoms with Crippen molar-refractivity contribution < 1.29 is 31.5 Å². The maximum atomic E-state index is 14.3. The van der Waals surface area contributed by atoms with Crippen LogP contribution < -0.4 is 21.5 Å². The third-order valence-electron chi connectivity index (χ3n) is 5.96. The van der Waals surface area contributed by atoms with E-state index in [-0.39, 0.29) is 54.3 Å². The Morgan fingerprint density at radius 2 is 1.89 bits per heavy atom. The number of aryl methyl sites for hydroxylation is 1. The van der Waals surface area contributed by atoms with Crippen LogP contribution in [0.4, 0.5) is 39.1 Å². The van der Waals surface area contributed by atoms with Crippen LogP contribution in [0, 0.1) is 11.6 Å². The standard InChI is InChI=1S/C23H25F5N8O2/c1-2-17-22(38-18-8-16(29)14(24)7-15(18)25)34-21(19(33-17)20(30)37)32-12-9-31-36(10-12)13-3-5-35(6-4-13)11-23(26,27)28/h7-10,13H,2-6,11,29H2,1H3,(H2,30,37)(H,32,34). The lowest BCUT2D eigenvalue weighted by molar-refractivity contribution is -0.148. The summed E-state index contributed by atoms with van der Waals surface area (Å²) in [5.74, 6) is -3.50. The third-order valence-corrected chi connectivity index (χ3v) is 5.96. The average molecular weight is 540 g/mol. The fourth-order valence-corrected chi connectivity index (χ4v) is 4.09. The van der Waals surface area contributed by atoms with Gasteiger partial charge in [0.2, 0.25) is 5.88 Å². The van der Waals surface area contributed by atoms with Crippen molar-refractivity contribution in [3.63, 3.8) is 0 Å². The molecule has 0 radical (unpaired) electrons. The van der Waals surface area contributed by atoms with E-state index in [2.05, 4.69) is 20.4 Å². The normalized spacial score (nSPS) is 15.0. The molecule has 0 bridgehead atoms. The summed E-state index contributed by atoms with van der Waals surface area (Å²) in [7, 11) is 0. The van der Waals surface area contributed by atoms with E-state index in [0.29, 0.717) is 24.6 Å². The minimum absolute atomic E-state index is 0.0975. The molecule has 0 aliphatic carbocycles. The molecule has 1 aliphatic rings. The minimum atomic E-state index is -4.25. The van der Waals surface area contributed by atoms with Crippen molar-refractivity contribution in [3.8, 4) is 11.6 Å². The molecular formula is C23H25F5N8O2. The van der Waals surface area contributed by atoms with E-state index in [1.165, 1.54) is 11.1 Å². The zero-order valence-corrected chi connectivity index (χ0v) is 20.2. The number of carbonyl (C=O) groups excluding carboxylic acids is 1. The predicted molar refractivity (Wildman–Crippen MR) is 127 cm³/mol. The lowest BCUT2D eigenvalue weighted by Gasteiger charge is -2.32. The lowest BCUT2D eigenvalue weighted by atomic mass is 10.1. The van der Waals surface area contributed by atoms with Gasteiger partial charge in [0, 0.05) is 31.4 Å². The third kappa shape index (κ3) is 6.27. The van der Waals surface area contributed by atoms with Crippen molar-refractivity contribution >= 4 is 23.1 Å². The average Bonchev–Trinajstić information content (AvgIpc) is 3.30. The number of amides is 1. The number of carbonyl (C=O) groups is 1. The number of primary amides is 1. The van der Waals surface area contributed by atoms with Crippen molar-refractivity contribution in [1.82, 2.24) is 24.6 Å². The first kappa shape index (κ1) is 27.0. The van der Waals surface area contributed by atoms with Crippen LogP contribution in [0.3, 0.4) is 0 Å². The molecule has 5 N–H and O–H groups in total. The van der Waals surface area contributed by atoms with Crippen molar-refractivity contribution in [2.45, 2.75) is 38.4 Å². The Balaban J connectivity index is 1.55. The maximum Gasteiger partial charge on any atom is 0.401 e. The summed E-state index contributed by atoms with van der Waals surface area (Å²) < 4.78 is 72.9. The predicted octanol–water partition coefficient (Wildman–Crippen LogP) is 3.93. The number of ether oxygens (including phenoxy) is 1. The summed E-state index contributed by atoms with van der Waals surface area (Å²) in [5.41, 5.74) is 11.0. The number of anilines is 3. The van der Waals surface area contributed by atoms with Gasteiger partial charge in [-0.3, -0.25) is 14.4 Å². The molecule has 38 heavy (non-hydrogen) atoms. The number of nitrogen functional groups attached to an aromatic ring is 1. The molecule has 2 aromatic heterocycles. The zero-order valence-electron chi connectivity index (χ0n) is 20.2. The first-order chi connectivity index (χ1) is 17.9. The number of hydrogen-bond acceptors (Lipinski definition) is 8. The molecule has 4 rings (SSSR count). The quantitative estimate of drug-likeness (QED) is 0.289. The molecule has 3 aromatic rings. The van der Waals surface area contributed by atoms with Gasteiger partial charge in [-0.1, -0.05) is 6.92 Å². The van der Waals surface area contributed by atoms with Gasteiger partial charge >= 0.3 is 6.18 Å². The number of nitrogens with two attached hydrogens (primary N) is 2. The summed E-state index contributed by atoms with van der Waals surface area (Å²) in [6.45, 7) is 1.29. The number of nitrogens with one attached hydrogen (secondary N) is 1. The van der Waals surface area contributed by atoms with Crippen molar-refractivity contribution in [2.75, 3.05) is 30.7 Å². The van der Waals surface area contributed by atoms with Crippen LogP contribution >= 0.6 is 0 Å². The highest BCUT2D eigenvalue weighted by atomic mass is 19.4. The second-order valence-electron chi connectivity index (χ2n) is 8.75. The van der Waals surface area contributed by atoms with E-state index in [1.54, 1.807) is 17.8 Å². The molecule has 0 spiro atoms. The van der Waals surface area contributed by atoms with Crippen molar-refractivity contribution in [1.29, 1.82) is 0 Å². The van der Waals surface area contributed by atoms with Gasteiger partial charge in [0.1, 0.15) is 11.5 Å². The van der Waals surface area contributed by atoms with Crippen molar-refractivity contribution in [2.24, 2.45) is 5.73 Å². The molecule has 1 amide bonds. The molecule has 0 atom stereocenters. The zero-order chi connectivity index (χ0) is 27.6. The molecule has 1 aromatic carbocycles. The largest absolute Gasteiger partial charge is 0.434 e. The van der Waals surface area contributed by atoms with Gasteiger partial charge in [0.05, 0.1) is 30.2 Å². The Bertz CT molecular complexity index is 1320. The second-order valence-corrected chi connectivity index (χ2v) is 8.75. The first-order valence-electron chi connectivity index (χ1n) is 11.7. The maximum absolute atomic E-state index is 14.3. The highest BCUT2D eigenvalue weighted by Gasteiger charge is 2.33. The topological polar surface area (TPSA) is 137 Å². The van der Waals surface area contributed by atoms with Gasteiger partial charge in [-0.25, -0.2) is 13.8 Å². The smallest absolute Gasteiger partial charge is 0.401 e. The molecule has 1 saturated heterocycles. The number of alkyl halides is 3. The molecule has 0 saturated carbocycles. The number of nitrogens with zero attached hydrogens (tertiary/aromatic N) is 5. The van der Waals surface area contributed by atoms with E-state index >= 15 is 0 Å². The number of hydrogen-bond donors (Lipinski definition) is 3. The second kappa shape index (κ2) is 10.8.